The molecule has 0 bridgehead atoms. The summed E-state index contributed by atoms with van der Waals surface area (Å²) in [5.41, 5.74) is 1.07. The lowest BCUT2D eigenvalue weighted by molar-refractivity contribution is 0.209. The summed E-state index contributed by atoms with van der Waals surface area (Å²) in [6.45, 7) is 5.29. The average Bonchev–Trinajstić information content (AvgIpc) is 2.46. The first-order chi connectivity index (χ1) is 9.48. The zero-order chi connectivity index (χ0) is 14.8. The van der Waals surface area contributed by atoms with Gasteiger partial charge >= 0.3 is 0 Å². The molecule has 2 unspecified atom stereocenters. The smallest absolute Gasteiger partial charge is 0.243 e. The fraction of sp³-hybridized carbons (Fsp3) is 0.600. The molecule has 1 aromatic carbocycles. The standard InChI is InChI=1S/C15H24N2O2S/c1-4-13-11-17(10-9-15(13)16-3)20(18,19)14-7-5-12(2)6-8-14/h5-8,13,15-16H,4,9-11H2,1-3H3. The van der Waals surface area contributed by atoms with E-state index in [1.807, 2.05) is 26.1 Å². The molecule has 1 aromatic rings. The number of sulfonamides is 1. The van der Waals surface area contributed by atoms with Gasteiger partial charge in [-0.15, -0.1) is 0 Å². The number of benzene rings is 1. The minimum absolute atomic E-state index is 0.383. The number of hydrogen-bond acceptors (Lipinski definition) is 3. The lowest BCUT2D eigenvalue weighted by Gasteiger charge is -2.37. The number of aryl methyl sites for hydroxylation is 1. The Kier molecular flexibility index (Phi) is 4.83. The van der Waals surface area contributed by atoms with E-state index in [2.05, 4.69) is 12.2 Å². The van der Waals surface area contributed by atoms with Crippen LogP contribution in [0.25, 0.3) is 0 Å². The lowest BCUT2D eigenvalue weighted by atomic mass is 9.91. The first-order valence-electron chi connectivity index (χ1n) is 7.23. The van der Waals surface area contributed by atoms with E-state index >= 15 is 0 Å². The lowest BCUT2D eigenvalue weighted by Crippen LogP contribution is -2.49. The van der Waals surface area contributed by atoms with Crippen LogP contribution >= 0.6 is 0 Å². The maximum atomic E-state index is 12.7. The summed E-state index contributed by atoms with van der Waals surface area (Å²) in [6.07, 6.45) is 1.87. The van der Waals surface area contributed by atoms with Crippen LogP contribution in [0, 0.1) is 12.8 Å². The van der Waals surface area contributed by atoms with Gasteiger partial charge in [-0.2, -0.15) is 4.31 Å². The molecule has 1 aliphatic heterocycles. The van der Waals surface area contributed by atoms with E-state index in [1.54, 1.807) is 16.4 Å². The van der Waals surface area contributed by atoms with Crippen LogP contribution in [-0.2, 0) is 10.0 Å². The summed E-state index contributed by atoms with van der Waals surface area (Å²) in [5, 5.41) is 3.30. The highest BCUT2D eigenvalue weighted by molar-refractivity contribution is 7.89. The van der Waals surface area contributed by atoms with Gasteiger partial charge < -0.3 is 5.32 Å². The maximum Gasteiger partial charge on any atom is 0.243 e. The molecule has 1 aliphatic rings. The van der Waals surface area contributed by atoms with Crippen molar-refractivity contribution < 1.29 is 8.42 Å². The molecule has 1 N–H and O–H groups in total. The van der Waals surface area contributed by atoms with E-state index < -0.39 is 10.0 Å². The predicted molar refractivity (Wildman–Crippen MR) is 81.2 cm³/mol. The number of piperidine rings is 1. The van der Waals surface area contributed by atoms with Crippen LogP contribution in [-0.4, -0.2) is 38.9 Å². The minimum Gasteiger partial charge on any atom is -0.317 e. The number of nitrogens with zero attached hydrogens (tertiary/aromatic N) is 1. The van der Waals surface area contributed by atoms with Crippen molar-refractivity contribution in [1.82, 2.24) is 9.62 Å². The van der Waals surface area contributed by atoms with Crippen LogP contribution in [0.4, 0.5) is 0 Å². The normalized spacial score (nSPS) is 24.8. The van der Waals surface area contributed by atoms with E-state index in [9.17, 15) is 8.42 Å². The highest BCUT2D eigenvalue weighted by Gasteiger charge is 2.33. The van der Waals surface area contributed by atoms with Gasteiger partial charge in [0.2, 0.25) is 10.0 Å². The van der Waals surface area contributed by atoms with Crippen LogP contribution in [0.1, 0.15) is 25.3 Å². The average molecular weight is 296 g/mol. The summed E-state index contributed by atoms with van der Waals surface area (Å²) < 4.78 is 27.0. The van der Waals surface area contributed by atoms with Crippen molar-refractivity contribution in [3.05, 3.63) is 29.8 Å². The van der Waals surface area contributed by atoms with Crippen LogP contribution in [0.15, 0.2) is 29.2 Å². The minimum atomic E-state index is -3.35. The molecule has 0 spiro atoms. The van der Waals surface area contributed by atoms with E-state index in [4.69, 9.17) is 0 Å². The fourth-order valence-electron chi connectivity index (χ4n) is 2.87. The number of hydrogen-bond donors (Lipinski definition) is 1. The van der Waals surface area contributed by atoms with Crippen LogP contribution in [0.3, 0.4) is 0 Å². The van der Waals surface area contributed by atoms with Gasteiger partial charge in [0.05, 0.1) is 4.90 Å². The van der Waals surface area contributed by atoms with Gasteiger partial charge in [-0.1, -0.05) is 31.0 Å². The topological polar surface area (TPSA) is 49.4 Å². The van der Waals surface area contributed by atoms with Gasteiger partial charge in [-0.3, -0.25) is 0 Å². The number of nitrogens with one attached hydrogen (secondary N) is 1. The fourth-order valence-corrected chi connectivity index (χ4v) is 4.38. The quantitative estimate of drug-likeness (QED) is 0.924. The zero-order valence-corrected chi connectivity index (χ0v) is 13.3. The molecule has 0 saturated carbocycles. The van der Waals surface area contributed by atoms with Crippen molar-refractivity contribution in [3.63, 3.8) is 0 Å². The monoisotopic (exact) mass is 296 g/mol. The third-order valence-corrected chi connectivity index (χ3v) is 6.13. The highest BCUT2D eigenvalue weighted by atomic mass is 32.2. The van der Waals surface area contributed by atoms with E-state index in [-0.39, 0.29) is 0 Å². The van der Waals surface area contributed by atoms with Gasteiger partial charge in [0, 0.05) is 19.1 Å². The molecule has 1 fully saturated rings. The SMILES string of the molecule is CCC1CN(S(=O)(=O)c2ccc(C)cc2)CCC1NC. The molecule has 5 heteroatoms. The molecule has 0 amide bonds. The molecule has 0 aliphatic carbocycles. The Hall–Kier alpha value is -0.910. The van der Waals surface area contributed by atoms with E-state index in [1.165, 1.54) is 0 Å². The Labute approximate surface area is 122 Å². The van der Waals surface area contributed by atoms with Crippen LogP contribution in [0.5, 0.6) is 0 Å². The van der Waals surface area contributed by atoms with E-state index in [0.29, 0.717) is 29.9 Å². The number of rotatable bonds is 4. The Morgan fingerprint density at radius 2 is 1.95 bits per heavy atom. The third kappa shape index (κ3) is 3.05. The molecular weight excluding hydrogens is 272 g/mol. The first kappa shape index (κ1) is 15.5. The maximum absolute atomic E-state index is 12.7. The highest BCUT2D eigenvalue weighted by Crippen LogP contribution is 2.25. The molecule has 4 nitrogen and oxygen atoms in total. The first-order valence-corrected chi connectivity index (χ1v) is 8.67. The molecule has 1 saturated heterocycles. The molecule has 0 radical (unpaired) electrons. The molecule has 112 valence electrons. The molecule has 2 atom stereocenters. The van der Waals surface area contributed by atoms with Crippen molar-refractivity contribution in [1.29, 1.82) is 0 Å². The third-order valence-electron chi connectivity index (χ3n) is 4.25. The second kappa shape index (κ2) is 6.24. The van der Waals surface area contributed by atoms with Crippen molar-refractivity contribution >= 4 is 10.0 Å². The molecular formula is C15H24N2O2S. The summed E-state index contributed by atoms with van der Waals surface area (Å²) in [4.78, 5) is 0.404. The van der Waals surface area contributed by atoms with Gasteiger partial charge in [0.25, 0.3) is 0 Å². The summed E-state index contributed by atoms with van der Waals surface area (Å²) in [6, 6.07) is 7.53. The second-order valence-corrected chi connectivity index (χ2v) is 7.47. The Morgan fingerprint density at radius 1 is 1.30 bits per heavy atom. The molecule has 20 heavy (non-hydrogen) atoms. The molecule has 2 rings (SSSR count). The Bertz CT molecular complexity index is 539. The largest absolute Gasteiger partial charge is 0.317 e. The van der Waals surface area contributed by atoms with Gasteiger partial charge in [0.15, 0.2) is 0 Å². The van der Waals surface area contributed by atoms with Gasteiger partial charge in [-0.25, -0.2) is 8.42 Å². The zero-order valence-electron chi connectivity index (χ0n) is 12.5. The van der Waals surface area contributed by atoms with Crippen molar-refractivity contribution in [3.8, 4) is 0 Å². The van der Waals surface area contributed by atoms with Gasteiger partial charge in [0.1, 0.15) is 0 Å². The van der Waals surface area contributed by atoms with Gasteiger partial charge in [-0.05, 0) is 38.4 Å². The van der Waals surface area contributed by atoms with Crippen LogP contribution < -0.4 is 5.32 Å². The second-order valence-electron chi connectivity index (χ2n) is 5.53. The summed E-state index contributed by atoms with van der Waals surface area (Å²) in [5.74, 6) is 0.383. The Morgan fingerprint density at radius 3 is 2.50 bits per heavy atom. The molecule has 1 heterocycles. The summed E-state index contributed by atoms with van der Waals surface area (Å²) >= 11 is 0. The van der Waals surface area contributed by atoms with Crippen molar-refractivity contribution in [2.24, 2.45) is 5.92 Å². The van der Waals surface area contributed by atoms with Crippen LogP contribution in [0.2, 0.25) is 0 Å². The van der Waals surface area contributed by atoms with E-state index in [0.717, 1.165) is 18.4 Å². The summed E-state index contributed by atoms with van der Waals surface area (Å²) in [7, 11) is -1.39. The predicted octanol–water partition coefficient (Wildman–Crippen LogP) is 2.00. The van der Waals surface area contributed by atoms with Crippen molar-refractivity contribution in [2.75, 3.05) is 20.1 Å². The molecule has 0 aromatic heterocycles. The Balaban J connectivity index is 2.20. The van der Waals surface area contributed by atoms with Crippen molar-refractivity contribution in [2.45, 2.75) is 37.6 Å².